The number of methoxy groups -OCH3 is 2. The molecule has 0 saturated carbocycles. The summed E-state index contributed by atoms with van der Waals surface area (Å²) in [6.45, 7) is 4.41. The second kappa shape index (κ2) is 7.11. The van der Waals surface area contributed by atoms with Crippen molar-refractivity contribution >= 4 is 11.8 Å². The van der Waals surface area contributed by atoms with Gasteiger partial charge in [-0.1, -0.05) is 5.16 Å². The maximum Gasteiger partial charge on any atom is 0.164 e. The smallest absolute Gasteiger partial charge is 0.164 e. The molecule has 0 N–H and O–H groups in total. The highest BCUT2D eigenvalue weighted by Crippen LogP contribution is 2.49. The van der Waals surface area contributed by atoms with Crippen LogP contribution in [0.5, 0.6) is 28.7 Å². The molecule has 2 aromatic carbocycles. The van der Waals surface area contributed by atoms with Crippen molar-refractivity contribution in [1.29, 1.82) is 0 Å². The van der Waals surface area contributed by atoms with E-state index in [9.17, 15) is 0 Å². The first-order valence-corrected chi connectivity index (χ1v) is 10.2. The molecule has 2 atom stereocenters. The molecule has 3 aliphatic rings. The van der Waals surface area contributed by atoms with Crippen LogP contribution in [0.25, 0.3) is 6.08 Å². The van der Waals surface area contributed by atoms with Crippen LogP contribution in [0.4, 0.5) is 0 Å². The average molecular weight is 423 g/mol. The summed E-state index contributed by atoms with van der Waals surface area (Å²) in [7, 11) is 4.77. The lowest BCUT2D eigenvalue weighted by molar-refractivity contribution is 0.0941. The molecule has 162 valence electrons. The minimum atomic E-state index is -0.371. The molecule has 3 heterocycles. The standard InChI is InChI=1S/C24H25NO6/c1-24(2)9-8-13-16(31-24)7-6-14-22(25-28-5)21-15-10-18(26-3)19(27-4)11-17(15)29-12-20(21)30-23(13)14/h6-11,20-21H,12H2,1-5H3/t20-,21+/m1/s1. The van der Waals surface area contributed by atoms with Crippen molar-refractivity contribution in [2.75, 3.05) is 27.9 Å². The average Bonchev–Trinajstić information content (AvgIpc) is 2.76. The first-order chi connectivity index (χ1) is 15.0. The predicted octanol–water partition coefficient (Wildman–Crippen LogP) is 4.18. The Balaban J connectivity index is 1.67. The molecule has 0 aromatic heterocycles. The minimum Gasteiger partial charge on any atom is -0.493 e. The van der Waals surface area contributed by atoms with Crippen LogP contribution in [0, 0.1) is 0 Å². The normalized spacial score (nSPS) is 23.2. The van der Waals surface area contributed by atoms with Crippen molar-refractivity contribution in [3.05, 3.63) is 47.0 Å². The van der Waals surface area contributed by atoms with Crippen molar-refractivity contribution < 1.29 is 28.5 Å². The number of rotatable bonds is 3. The van der Waals surface area contributed by atoms with E-state index in [2.05, 4.69) is 5.16 Å². The van der Waals surface area contributed by atoms with E-state index in [0.29, 0.717) is 18.1 Å². The largest absolute Gasteiger partial charge is 0.493 e. The molecule has 0 bridgehead atoms. The van der Waals surface area contributed by atoms with E-state index in [1.807, 2.05) is 50.3 Å². The third kappa shape index (κ3) is 3.07. The predicted molar refractivity (Wildman–Crippen MR) is 116 cm³/mol. The molecule has 0 saturated heterocycles. The Morgan fingerprint density at radius 2 is 1.81 bits per heavy atom. The third-order valence-corrected chi connectivity index (χ3v) is 5.84. The van der Waals surface area contributed by atoms with Gasteiger partial charge in [0.1, 0.15) is 48.4 Å². The quantitative estimate of drug-likeness (QED) is 0.690. The zero-order valence-electron chi connectivity index (χ0n) is 18.2. The van der Waals surface area contributed by atoms with E-state index in [-0.39, 0.29) is 17.6 Å². The third-order valence-electron chi connectivity index (χ3n) is 5.84. The van der Waals surface area contributed by atoms with Gasteiger partial charge in [-0.2, -0.15) is 0 Å². The van der Waals surface area contributed by atoms with Gasteiger partial charge in [0.25, 0.3) is 0 Å². The van der Waals surface area contributed by atoms with Crippen molar-refractivity contribution in [2.45, 2.75) is 31.5 Å². The zero-order chi connectivity index (χ0) is 21.8. The summed E-state index contributed by atoms with van der Waals surface area (Å²) < 4.78 is 29.6. The Bertz CT molecular complexity index is 1100. The Labute approximate surface area is 181 Å². The Kier molecular flexibility index (Phi) is 4.50. The summed E-state index contributed by atoms with van der Waals surface area (Å²) in [5.74, 6) is 3.29. The minimum absolute atomic E-state index is 0.181. The first kappa shape index (κ1) is 19.6. The van der Waals surface area contributed by atoms with Crippen molar-refractivity contribution in [3.63, 3.8) is 0 Å². The summed E-state index contributed by atoms with van der Waals surface area (Å²) in [5.41, 5.74) is 3.10. The van der Waals surface area contributed by atoms with Gasteiger partial charge in [-0.25, -0.2) is 0 Å². The zero-order valence-corrected chi connectivity index (χ0v) is 18.2. The fraction of sp³-hybridized carbons (Fsp3) is 0.375. The number of benzene rings is 2. The maximum absolute atomic E-state index is 6.50. The lowest BCUT2D eigenvalue weighted by Crippen LogP contribution is -2.43. The molecule has 0 aliphatic carbocycles. The van der Waals surface area contributed by atoms with Crippen molar-refractivity contribution in [1.82, 2.24) is 0 Å². The van der Waals surface area contributed by atoms with Gasteiger partial charge in [-0.05, 0) is 44.2 Å². The molecule has 5 rings (SSSR count). The van der Waals surface area contributed by atoms with E-state index >= 15 is 0 Å². The number of nitrogens with zero attached hydrogens (tertiary/aromatic N) is 1. The van der Waals surface area contributed by atoms with Crippen molar-refractivity contribution in [3.8, 4) is 28.7 Å². The topological polar surface area (TPSA) is 67.7 Å². The fourth-order valence-electron chi connectivity index (χ4n) is 4.42. The van der Waals surface area contributed by atoms with Gasteiger partial charge in [0.2, 0.25) is 0 Å². The van der Waals surface area contributed by atoms with Crippen LogP contribution in [0.3, 0.4) is 0 Å². The van der Waals surface area contributed by atoms with Gasteiger partial charge >= 0.3 is 0 Å². The fourth-order valence-corrected chi connectivity index (χ4v) is 4.42. The van der Waals surface area contributed by atoms with E-state index in [4.69, 9.17) is 28.5 Å². The summed E-state index contributed by atoms with van der Waals surface area (Å²) in [5, 5.41) is 4.43. The summed E-state index contributed by atoms with van der Waals surface area (Å²) in [4.78, 5) is 5.27. The van der Waals surface area contributed by atoms with Gasteiger partial charge in [0.05, 0.1) is 25.7 Å². The van der Waals surface area contributed by atoms with Crippen LogP contribution in [0.2, 0.25) is 0 Å². The van der Waals surface area contributed by atoms with Crippen LogP contribution in [0.15, 0.2) is 35.5 Å². The highest BCUT2D eigenvalue weighted by molar-refractivity contribution is 6.09. The number of hydrogen-bond donors (Lipinski definition) is 0. The Morgan fingerprint density at radius 1 is 1.03 bits per heavy atom. The second-order valence-electron chi connectivity index (χ2n) is 8.24. The maximum atomic E-state index is 6.50. The summed E-state index contributed by atoms with van der Waals surface area (Å²) in [6, 6.07) is 7.71. The molecular formula is C24H25NO6. The van der Waals surface area contributed by atoms with Crippen LogP contribution in [-0.2, 0) is 4.84 Å². The Morgan fingerprint density at radius 3 is 2.55 bits per heavy atom. The molecule has 7 nitrogen and oxygen atoms in total. The van der Waals surface area contributed by atoms with Crippen LogP contribution < -0.4 is 23.7 Å². The molecule has 0 radical (unpaired) electrons. The first-order valence-electron chi connectivity index (χ1n) is 10.2. The number of oxime groups is 1. The van der Waals surface area contributed by atoms with Gasteiger partial charge in [-0.3, -0.25) is 0 Å². The van der Waals surface area contributed by atoms with E-state index in [1.54, 1.807) is 21.3 Å². The SMILES string of the molecule is CON=C1c2ccc3c(c2O[C@@H]2COc4cc(OC)c(OC)cc4[C@H]12)C=CC(C)(C)O3. The number of ether oxygens (including phenoxy) is 5. The van der Waals surface area contributed by atoms with Crippen LogP contribution >= 0.6 is 0 Å². The monoisotopic (exact) mass is 423 g/mol. The molecule has 0 amide bonds. The molecule has 3 aliphatic heterocycles. The summed E-state index contributed by atoms with van der Waals surface area (Å²) >= 11 is 0. The lowest BCUT2D eigenvalue weighted by atomic mass is 9.80. The molecule has 0 fully saturated rings. The summed E-state index contributed by atoms with van der Waals surface area (Å²) in [6.07, 6.45) is 3.80. The molecule has 2 aromatic rings. The van der Waals surface area contributed by atoms with E-state index in [0.717, 1.165) is 39.7 Å². The highest BCUT2D eigenvalue weighted by atomic mass is 16.6. The molecular weight excluding hydrogens is 398 g/mol. The highest BCUT2D eigenvalue weighted by Gasteiger charge is 2.44. The van der Waals surface area contributed by atoms with E-state index < -0.39 is 0 Å². The second-order valence-corrected chi connectivity index (χ2v) is 8.24. The molecule has 0 unspecified atom stereocenters. The van der Waals surface area contributed by atoms with Crippen LogP contribution in [0.1, 0.15) is 36.5 Å². The molecule has 31 heavy (non-hydrogen) atoms. The number of hydrogen-bond acceptors (Lipinski definition) is 7. The number of fused-ring (bicyclic) bond motifs is 6. The van der Waals surface area contributed by atoms with E-state index in [1.165, 1.54) is 0 Å². The Hall–Kier alpha value is -3.35. The molecule has 0 spiro atoms. The lowest BCUT2D eigenvalue weighted by Gasteiger charge is -2.40. The van der Waals surface area contributed by atoms with Crippen LogP contribution in [-0.4, -0.2) is 45.4 Å². The van der Waals surface area contributed by atoms with Crippen molar-refractivity contribution in [2.24, 2.45) is 5.16 Å². The van der Waals surface area contributed by atoms with Gasteiger partial charge in [-0.15, -0.1) is 0 Å². The van der Waals surface area contributed by atoms with Gasteiger partial charge in [0, 0.05) is 17.2 Å². The van der Waals surface area contributed by atoms with Gasteiger partial charge in [0.15, 0.2) is 11.5 Å². The van der Waals surface area contributed by atoms with Gasteiger partial charge < -0.3 is 28.5 Å². The molecule has 7 heteroatoms.